The summed E-state index contributed by atoms with van der Waals surface area (Å²) < 4.78 is 9.71. The van der Waals surface area contributed by atoms with E-state index in [1.165, 1.54) is 6.08 Å². The number of esters is 2. The number of hydrogen-bond acceptors (Lipinski definition) is 6. The third kappa shape index (κ3) is 7.37. The molecule has 22 heavy (non-hydrogen) atoms. The van der Waals surface area contributed by atoms with Gasteiger partial charge < -0.3 is 9.47 Å². The van der Waals surface area contributed by atoms with Gasteiger partial charge in [-0.05, 0) is 26.7 Å². The highest BCUT2D eigenvalue weighted by molar-refractivity contribution is 6.05. The predicted octanol–water partition coefficient (Wildman–Crippen LogP) is 0.790. The van der Waals surface area contributed by atoms with E-state index in [0.717, 1.165) is 12.2 Å². The van der Waals surface area contributed by atoms with Gasteiger partial charge in [0.25, 0.3) is 5.91 Å². The van der Waals surface area contributed by atoms with Crippen LogP contribution in [0.2, 0.25) is 0 Å². The molecular formula is C15H19NO6. The zero-order chi connectivity index (χ0) is 16.5. The molecule has 0 aromatic heterocycles. The number of nitrogens with one attached hydrogen (secondary N) is 1. The van der Waals surface area contributed by atoms with E-state index in [1.54, 1.807) is 13.8 Å². The normalized spacial score (nSPS) is 14.8. The summed E-state index contributed by atoms with van der Waals surface area (Å²) in [6, 6.07) is 0. The number of rotatable bonds is 7. The summed E-state index contributed by atoms with van der Waals surface area (Å²) in [6.07, 6.45) is 4.30. The highest BCUT2D eigenvalue weighted by atomic mass is 16.5. The van der Waals surface area contributed by atoms with Crippen LogP contribution in [0, 0.1) is 0 Å². The van der Waals surface area contributed by atoms with Crippen LogP contribution in [0.4, 0.5) is 0 Å². The maximum atomic E-state index is 11.3. The number of carbonyl (C=O) groups is 4. The lowest BCUT2D eigenvalue weighted by atomic mass is 10.0. The number of imide groups is 1. The zero-order valence-electron chi connectivity index (χ0n) is 12.6. The second-order valence-electron chi connectivity index (χ2n) is 4.98. The molecule has 1 rings (SSSR count). The molecule has 0 saturated heterocycles. The van der Waals surface area contributed by atoms with Gasteiger partial charge in [0.05, 0.1) is 12.7 Å². The van der Waals surface area contributed by atoms with E-state index < -0.39 is 17.8 Å². The maximum Gasteiger partial charge on any atom is 0.331 e. The van der Waals surface area contributed by atoms with Crippen molar-refractivity contribution in [3.05, 3.63) is 23.8 Å². The van der Waals surface area contributed by atoms with Crippen molar-refractivity contribution in [2.24, 2.45) is 0 Å². The van der Waals surface area contributed by atoms with Crippen molar-refractivity contribution in [2.75, 3.05) is 6.61 Å². The van der Waals surface area contributed by atoms with Gasteiger partial charge in [-0.2, -0.15) is 0 Å². The van der Waals surface area contributed by atoms with Crippen LogP contribution in [0.5, 0.6) is 0 Å². The molecule has 0 radical (unpaired) electrons. The Labute approximate surface area is 128 Å². The van der Waals surface area contributed by atoms with Crippen LogP contribution < -0.4 is 5.32 Å². The van der Waals surface area contributed by atoms with Gasteiger partial charge in [0.1, 0.15) is 0 Å². The fourth-order valence-corrected chi connectivity index (χ4v) is 1.75. The Bertz CT molecular complexity index is 518. The molecule has 0 spiro atoms. The van der Waals surface area contributed by atoms with E-state index in [0.29, 0.717) is 18.4 Å². The minimum absolute atomic E-state index is 0.134. The fourth-order valence-electron chi connectivity index (χ4n) is 1.75. The molecule has 0 aromatic rings. The fraction of sp³-hybridized carbons (Fsp3) is 0.467. The van der Waals surface area contributed by atoms with Gasteiger partial charge in [0.2, 0.25) is 5.91 Å². The quantitative estimate of drug-likeness (QED) is 0.323. The van der Waals surface area contributed by atoms with E-state index >= 15 is 0 Å². The van der Waals surface area contributed by atoms with Crippen LogP contribution in [0.15, 0.2) is 23.8 Å². The highest BCUT2D eigenvalue weighted by Crippen LogP contribution is 2.13. The minimum Gasteiger partial charge on any atom is -0.463 e. The average molecular weight is 309 g/mol. The Morgan fingerprint density at radius 1 is 1.27 bits per heavy atom. The lowest BCUT2D eigenvalue weighted by molar-refractivity contribution is -0.142. The van der Waals surface area contributed by atoms with E-state index in [2.05, 4.69) is 5.32 Å². The van der Waals surface area contributed by atoms with Crippen molar-refractivity contribution in [1.82, 2.24) is 5.32 Å². The summed E-state index contributed by atoms with van der Waals surface area (Å²) in [5, 5.41) is 2.17. The molecule has 1 aliphatic heterocycles. The Hall–Kier alpha value is -2.44. The third-order valence-electron chi connectivity index (χ3n) is 2.58. The van der Waals surface area contributed by atoms with E-state index in [1.807, 2.05) is 0 Å². The molecule has 1 heterocycles. The Kier molecular flexibility index (Phi) is 7.01. The van der Waals surface area contributed by atoms with Crippen molar-refractivity contribution in [3.8, 4) is 0 Å². The Morgan fingerprint density at radius 2 is 1.95 bits per heavy atom. The van der Waals surface area contributed by atoms with E-state index in [-0.39, 0.29) is 25.0 Å². The first-order chi connectivity index (χ1) is 10.4. The van der Waals surface area contributed by atoms with Crippen LogP contribution in [-0.2, 0) is 28.7 Å². The second kappa shape index (κ2) is 8.76. The lowest BCUT2D eigenvalue weighted by Gasteiger charge is -2.12. The Balaban J connectivity index is 2.23. The van der Waals surface area contributed by atoms with Crippen LogP contribution >= 0.6 is 0 Å². The van der Waals surface area contributed by atoms with Gasteiger partial charge in [-0.25, -0.2) is 9.59 Å². The van der Waals surface area contributed by atoms with Crippen molar-refractivity contribution < 1.29 is 28.7 Å². The third-order valence-corrected chi connectivity index (χ3v) is 2.58. The SMILES string of the molecule is CC(C)OC(=O)/C=C/C(=O)OCCCC1=CC(=O)NC(=O)C1. The number of hydrogen-bond donors (Lipinski definition) is 1. The van der Waals surface area contributed by atoms with Gasteiger partial charge in [-0.1, -0.05) is 5.57 Å². The molecule has 7 heteroatoms. The van der Waals surface area contributed by atoms with Crippen molar-refractivity contribution in [1.29, 1.82) is 0 Å². The molecule has 0 unspecified atom stereocenters. The molecule has 0 aromatic carbocycles. The molecule has 0 bridgehead atoms. The number of ether oxygens (including phenoxy) is 2. The van der Waals surface area contributed by atoms with Crippen molar-refractivity contribution >= 4 is 23.8 Å². The maximum absolute atomic E-state index is 11.3. The first kappa shape index (κ1) is 17.6. The first-order valence-corrected chi connectivity index (χ1v) is 6.95. The monoisotopic (exact) mass is 309 g/mol. The van der Waals surface area contributed by atoms with Gasteiger partial charge in [0.15, 0.2) is 0 Å². The van der Waals surface area contributed by atoms with Gasteiger partial charge in [-0.3, -0.25) is 14.9 Å². The van der Waals surface area contributed by atoms with Crippen LogP contribution in [-0.4, -0.2) is 36.5 Å². The Morgan fingerprint density at radius 3 is 2.59 bits per heavy atom. The topological polar surface area (TPSA) is 98.8 Å². The van der Waals surface area contributed by atoms with E-state index in [4.69, 9.17) is 9.47 Å². The molecule has 0 atom stereocenters. The molecule has 2 amide bonds. The average Bonchev–Trinajstić information content (AvgIpc) is 2.39. The molecular weight excluding hydrogens is 290 g/mol. The minimum atomic E-state index is -0.646. The molecule has 1 aliphatic rings. The molecule has 7 nitrogen and oxygen atoms in total. The van der Waals surface area contributed by atoms with Crippen molar-refractivity contribution in [2.45, 2.75) is 39.2 Å². The van der Waals surface area contributed by atoms with Gasteiger partial charge in [0, 0.05) is 24.6 Å². The molecule has 1 N–H and O–H groups in total. The molecule has 0 saturated carbocycles. The largest absolute Gasteiger partial charge is 0.463 e. The molecule has 0 aliphatic carbocycles. The summed E-state index contributed by atoms with van der Waals surface area (Å²) in [7, 11) is 0. The summed E-state index contributed by atoms with van der Waals surface area (Å²) in [5.74, 6) is -2.00. The summed E-state index contributed by atoms with van der Waals surface area (Å²) in [5.41, 5.74) is 0.709. The summed E-state index contributed by atoms with van der Waals surface area (Å²) in [6.45, 7) is 3.54. The van der Waals surface area contributed by atoms with E-state index in [9.17, 15) is 19.2 Å². The highest BCUT2D eigenvalue weighted by Gasteiger charge is 2.15. The number of amides is 2. The number of carbonyl (C=O) groups excluding carboxylic acids is 4. The summed E-state index contributed by atoms with van der Waals surface area (Å²) >= 11 is 0. The lowest BCUT2D eigenvalue weighted by Crippen LogP contribution is -2.32. The van der Waals surface area contributed by atoms with Gasteiger partial charge >= 0.3 is 11.9 Å². The summed E-state index contributed by atoms with van der Waals surface area (Å²) in [4.78, 5) is 44.7. The predicted molar refractivity (Wildman–Crippen MR) is 76.4 cm³/mol. The standard InChI is InChI=1S/C15H19NO6/c1-10(2)22-15(20)6-5-14(19)21-7-3-4-11-8-12(17)16-13(18)9-11/h5-6,8,10H,3-4,7,9H2,1-2H3,(H,16,17,18)/b6-5+. The van der Waals surface area contributed by atoms with Gasteiger partial charge in [-0.15, -0.1) is 0 Å². The molecule has 120 valence electrons. The first-order valence-electron chi connectivity index (χ1n) is 6.95. The zero-order valence-corrected chi connectivity index (χ0v) is 12.6. The van der Waals surface area contributed by atoms with Crippen LogP contribution in [0.3, 0.4) is 0 Å². The van der Waals surface area contributed by atoms with Crippen LogP contribution in [0.25, 0.3) is 0 Å². The smallest absolute Gasteiger partial charge is 0.331 e. The van der Waals surface area contributed by atoms with Crippen molar-refractivity contribution in [3.63, 3.8) is 0 Å². The second-order valence-corrected chi connectivity index (χ2v) is 4.98. The molecule has 0 fully saturated rings. The van der Waals surface area contributed by atoms with Crippen LogP contribution in [0.1, 0.15) is 33.1 Å².